The van der Waals surface area contributed by atoms with E-state index in [1.54, 1.807) is 0 Å². The van der Waals surface area contributed by atoms with Crippen LogP contribution in [0.25, 0.3) is 0 Å². The Balaban J connectivity index is 2.18. The molecule has 1 saturated heterocycles. The molecule has 7 heteroatoms. The van der Waals surface area contributed by atoms with Crippen LogP contribution in [0.5, 0.6) is 0 Å². The van der Waals surface area contributed by atoms with Crippen LogP contribution in [0, 0.1) is 0 Å². The molecule has 0 N–H and O–H groups in total. The highest BCUT2D eigenvalue weighted by Crippen LogP contribution is 2.14. The third-order valence-corrected chi connectivity index (χ3v) is 2.13. The van der Waals surface area contributed by atoms with E-state index in [0.29, 0.717) is 0 Å². The Labute approximate surface area is 90.3 Å². The van der Waals surface area contributed by atoms with Crippen molar-refractivity contribution in [2.24, 2.45) is 0 Å². The molecule has 0 radical (unpaired) electrons. The summed E-state index contributed by atoms with van der Waals surface area (Å²) in [5, 5.41) is 0. The quantitative estimate of drug-likeness (QED) is 0.537. The maximum atomic E-state index is 11.7. The summed E-state index contributed by atoms with van der Waals surface area (Å²) in [6.07, 6.45) is -4.23. The average Bonchev–Trinajstić information content (AvgIpc) is 2.13. The Morgan fingerprint density at radius 2 is 2.00 bits per heavy atom. The maximum Gasteiger partial charge on any atom is 0.411 e. The van der Waals surface area contributed by atoms with Crippen molar-refractivity contribution in [3.8, 4) is 0 Å². The second-order valence-corrected chi connectivity index (χ2v) is 3.51. The van der Waals surface area contributed by atoms with Gasteiger partial charge < -0.3 is 9.64 Å². The van der Waals surface area contributed by atoms with Crippen LogP contribution in [0.4, 0.5) is 13.2 Å². The first-order chi connectivity index (χ1) is 7.38. The van der Waals surface area contributed by atoms with E-state index in [-0.39, 0.29) is 44.2 Å². The van der Waals surface area contributed by atoms with Gasteiger partial charge in [-0.05, 0) is 0 Å². The highest BCUT2D eigenvalue weighted by atomic mass is 19.4. The van der Waals surface area contributed by atoms with E-state index in [2.05, 4.69) is 4.74 Å². The molecule has 0 aromatic rings. The number of hydrogen-bond donors (Lipinski definition) is 0. The molecule has 0 aliphatic carbocycles. The SMILES string of the molecule is O=C1CCN(CCOCC(F)(F)F)C(=O)C1. The zero-order chi connectivity index (χ0) is 12.2. The molecule has 4 nitrogen and oxygen atoms in total. The molecule has 92 valence electrons. The van der Waals surface area contributed by atoms with Gasteiger partial charge in [0.05, 0.1) is 13.0 Å². The van der Waals surface area contributed by atoms with Crippen molar-refractivity contribution in [1.29, 1.82) is 0 Å². The van der Waals surface area contributed by atoms with Gasteiger partial charge in [0.2, 0.25) is 5.91 Å². The van der Waals surface area contributed by atoms with E-state index in [0.717, 1.165) is 0 Å². The largest absolute Gasteiger partial charge is 0.411 e. The minimum atomic E-state index is -4.35. The summed E-state index contributed by atoms with van der Waals surface area (Å²) >= 11 is 0. The van der Waals surface area contributed by atoms with Gasteiger partial charge in [-0.2, -0.15) is 13.2 Å². The zero-order valence-electron chi connectivity index (χ0n) is 8.55. The molecule has 0 spiro atoms. The monoisotopic (exact) mass is 239 g/mol. The van der Waals surface area contributed by atoms with Gasteiger partial charge in [0.15, 0.2) is 0 Å². The van der Waals surface area contributed by atoms with Crippen LogP contribution >= 0.6 is 0 Å². The van der Waals surface area contributed by atoms with Crippen LogP contribution in [0.15, 0.2) is 0 Å². The van der Waals surface area contributed by atoms with Crippen molar-refractivity contribution in [3.63, 3.8) is 0 Å². The number of amides is 1. The first-order valence-electron chi connectivity index (χ1n) is 4.82. The molecule has 1 heterocycles. The van der Waals surface area contributed by atoms with Crippen molar-refractivity contribution >= 4 is 11.7 Å². The smallest absolute Gasteiger partial charge is 0.370 e. The molecule has 1 fully saturated rings. The molecule has 0 saturated carbocycles. The normalized spacial score (nSPS) is 18.1. The van der Waals surface area contributed by atoms with Crippen molar-refractivity contribution in [1.82, 2.24) is 4.90 Å². The lowest BCUT2D eigenvalue weighted by atomic mass is 10.1. The number of rotatable bonds is 4. The molecule has 0 unspecified atom stereocenters. The van der Waals surface area contributed by atoms with Gasteiger partial charge in [-0.25, -0.2) is 0 Å². The summed E-state index contributed by atoms with van der Waals surface area (Å²) in [5.74, 6) is -0.468. The molecule has 1 aliphatic rings. The molecule has 16 heavy (non-hydrogen) atoms. The Morgan fingerprint density at radius 1 is 1.31 bits per heavy atom. The molecular weight excluding hydrogens is 227 g/mol. The number of carbonyl (C=O) groups is 2. The second kappa shape index (κ2) is 5.29. The predicted octanol–water partition coefficient (Wildman–Crippen LogP) is 0.757. The minimum Gasteiger partial charge on any atom is -0.370 e. The van der Waals surface area contributed by atoms with Gasteiger partial charge in [0, 0.05) is 19.5 Å². The summed E-state index contributed by atoms with van der Waals surface area (Å²) in [7, 11) is 0. The number of hydrogen-bond acceptors (Lipinski definition) is 3. The molecule has 0 atom stereocenters. The van der Waals surface area contributed by atoms with Crippen molar-refractivity contribution in [3.05, 3.63) is 0 Å². The topological polar surface area (TPSA) is 46.6 Å². The van der Waals surface area contributed by atoms with Crippen molar-refractivity contribution < 1.29 is 27.5 Å². The number of alkyl halides is 3. The van der Waals surface area contributed by atoms with Crippen LogP contribution in [-0.2, 0) is 14.3 Å². The second-order valence-electron chi connectivity index (χ2n) is 3.51. The van der Waals surface area contributed by atoms with E-state index in [4.69, 9.17) is 0 Å². The van der Waals surface area contributed by atoms with Gasteiger partial charge in [-0.3, -0.25) is 9.59 Å². The van der Waals surface area contributed by atoms with Gasteiger partial charge in [-0.15, -0.1) is 0 Å². The molecule has 1 rings (SSSR count). The van der Waals surface area contributed by atoms with Gasteiger partial charge >= 0.3 is 6.18 Å². The van der Waals surface area contributed by atoms with Gasteiger partial charge in [-0.1, -0.05) is 0 Å². The van der Waals surface area contributed by atoms with E-state index < -0.39 is 12.8 Å². The first kappa shape index (κ1) is 13.0. The van der Waals surface area contributed by atoms with Crippen molar-refractivity contribution in [2.75, 3.05) is 26.3 Å². The number of piperidine rings is 1. The number of ketones is 1. The maximum absolute atomic E-state index is 11.7. The minimum absolute atomic E-state index is 0.0994. The van der Waals surface area contributed by atoms with Gasteiger partial charge in [0.25, 0.3) is 0 Å². The van der Waals surface area contributed by atoms with Crippen LogP contribution in [-0.4, -0.2) is 49.1 Å². The number of likely N-dealkylation sites (tertiary alicyclic amines) is 1. The zero-order valence-corrected chi connectivity index (χ0v) is 8.55. The summed E-state index contributed by atoms with van der Waals surface area (Å²) in [5.41, 5.74) is 0. The Bertz CT molecular complexity index is 278. The summed E-state index contributed by atoms with van der Waals surface area (Å²) < 4.78 is 39.5. The lowest BCUT2D eigenvalue weighted by Gasteiger charge is -2.25. The van der Waals surface area contributed by atoms with Crippen LogP contribution < -0.4 is 0 Å². The Kier molecular flexibility index (Phi) is 4.28. The summed E-state index contributed by atoms with van der Waals surface area (Å²) in [6, 6.07) is 0. The fraction of sp³-hybridized carbons (Fsp3) is 0.778. The van der Waals surface area contributed by atoms with E-state index in [1.807, 2.05) is 0 Å². The number of halogens is 3. The van der Waals surface area contributed by atoms with Crippen molar-refractivity contribution in [2.45, 2.75) is 19.0 Å². The lowest BCUT2D eigenvalue weighted by molar-refractivity contribution is -0.175. The molecule has 0 aromatic carbocycles. The predicted molar refractivity (Wildman–Crippen MR) is 47.7 cm³/mol. The average molecular weight is 239 g/mol. The lowest BCUT2D eigenvalue weighted by Crippen LogP contribution is -2.41. The van der Waals surface area contributed by atoms with Crippen LogP contribution in [0.2, 0.25) is 0 Å². The first-order valence-corrected chi connectivity index (χ1v) is 4.82. The van der Waals surface area contributed by atoms with Crippen LogP contribution in [0.3, 0.4) is 0 Å². The summed E-state index contributed by atoms with van der Waals surface area (Å²) in [6.45, 7) is -1.11. The Hall–Kier alpha value is -1.11. The van der Waals surface area contributed by atoms with E-state index in [9.17, 15) is 22.8 Å². The number of Topliss-reactive ketones (excluding diaryl/α,β-unsaturated/α-hetero) is 1. The highest BCUT2D eigenvalue weighted by molar-refractivity contribution is 6.00. The molecule has 1 aliphatic heterocycles. The summed E-state index contributed by atoms with van der Waals surface area (Å²) in [4.78, 5) is 23.4. The van der Waals surface area contributed by atoms with E-state index >= 15 is 0 Å². The standard InChI is InChI=1S/C9H12F3NO3/c10-9(11,12)6-16-4-3-13-2-1-7(14)5-8(13)15/h1-6H2. The fourth-order valence-corrected chi connectivity index (χ4v) is 1.35. The fourth-order valence-electron chi connectivity index (χ4n) is 1.35. The third kappa shape index (κ3) is 4.61. The molecule has 0 bridgehead atoms. The molecule has 0 aromatic heterocycles. The van der Waals surface area contributed by atoms with Crippen LogP contribution in [0.1, 0.15) is 12.8 Å². The number of nitrogens with zero attached hydrogens (tertiary/aromatic N) is 1. The third-order valence-electron chi connectivity index (χ3n) is 2.13. The molecule has 1 amide bonds. The van der Waals surface area contributed by atoms with Gasteiger partial charge in [0.1, 0.15) is 12.4 Å². The highest BCUT2D eigenvalue weighted by Gasteiger charge is 2.28. The Morgan fingerprint density at radius 3 is 2.56 bits per heavy atom. The molecular formula is C9H12F3NO3. The number of carbonyl (C=O) groups excluding carboxylic acids is 2. The number of ether oxygens (including phenoxy) is 1. The van der Waals surface area contributed by atoms with E-state index in [1.165, 1.54) is 4.90 Å².